The Hall–Kier alpha value is -2.63. The fourth-order valence-corrected chi connectivity index (χ4v) is 3.58. The predicted molar refractivity (Wildman–Crippen MR) is 92.8 cm³/mol. The van der Waals surface area contributed by atoms with Gasteiger partial charge in [-0.3, -0.25) is 9.59 Å². The van der Waals surface area contributed by atoms with Gasteiger partial charge in [-0.15, -0.1) is 0 Å². The molecular formula is C19H23N3O3. The molecule has 1 aliphatic heterocycles. The first-order valence-electron chi connectivity index (χ1n) is 8.61. The van der Waals surface area contributed by atoms with Crippen LogP contribution in [0.25, 0.3) is 0 Å². The molecule has 6 heteroatoms. The lowest BCUT2D eigenvalue weighted by Crippen LogP contribution is -2.45. The number of likely N-dealkylation sites (tertiary alicyclic amines) is 1. The molecule has 1 fully saturated rings. The van der Waals surface area contributed by atoms with Crippen molar-refractivity contribution in [2.75, 3.05) is 6.54 Å². The predicted octanol–water partition coefficient (Wildman–Crippen LogP) is 2.65. The zero-order valence-electron chi connectivity index (χ0n) is 14.3. The van der Waals surface area contributed by atoms with Crippen molar-refractivity contribution in [3.05, 3.63) is 54.1 Å². The van der Waals surface area contributed by atoms with Gasteiger partial charge in [0.05, 0.1) is 18.3 Å². The third kappa shape index (κ3) is 3.90. The summed E-state index contributed by atoms with van der Waals surface area (Å²) in [6, 6.07) is 7.41. The number of carboxylic acids is 1. The maximum atomic E-state index is 12.5. The lowest BCUT2D eigenvalue weighted by molar-refractivity contribution is -0.152. The molecule has 0 spiro atoms. The third-order valence-corrected chi connectivity index (χ3v) is 4.78. The number of piperidine rings is 1. The van der Waals surface area contributed by atoms with Crippen molar-refractivity contribution in [1.29, 1.82) is 0 Å². The monoisotopic (exact) mass is 341 g/mol. The van der Waals surface area contributed by atoms with Gasteiger partial charge < -0.3 is 14.6 Å². The van der Waals surface area contributed by atoms with Crippen LogP contribution in [0.1, 0.15) is 36.4 Å². The largest absolute Gasteiger partial charge is 0.481 e. The van der Waals surface area contributed by atoms with Crippen molar-refractivity contribution in [3.8, 4) is 0 Å². The number of hydrogen-bond donors (Lipinski definition) is 1. The van der Waals surface area contributed by atoms with Crippen LogP contribution in [0.5, 0.6) is 0 Å². The summed E-state index contributed by atoms with van der Waals surface area (Å²) in [7, 11) is 0. The third-order valence-electron chi connectivity index (χ3n) is 4.78. The fraction of sp³-hybridized carbons (Fsp3) is 0.421. The van der Waals surface area contributed by atoms with E-state index in [0.717, 1.165) is 24.1 Å². The number of benzene rings is 1. The first-order chi connectivity index (χ1) is 12.1. The van der Waals surface area contributed by atoms with E-state index in [9.17, 15) is 14.7 Å². The molecule has 1 aromatic heterocycles. The van der Waals surface area contributed by atoms with Crippen LogP contribution >= 0.6 is 0 Å². The average Bonchev–Trinajstić information content (AvgIpc) is 3.09. The van der Waals surface area contributed by atoms with Crippen LogP contribution in [0, 0.1) is 12.8 Å². The van der Waals surface area contributed by atoms with E-state index in [1.165, 1.54) is 0 Å². The first-order valence-corrected chi connectivity index (χ1v) is 8.61. The number of aromatic nitrogens is 2. The van der Waals surface area contributed by atoms with Crippen LogP contribution in [0.15, 0.2) is 43.0 Å². The van der Waals surface area contributed by atoms with E-state index in [1.54, 1.807) is 17.4 Å². The molecule has 0 aliphatic carbocycles. The molecular weight excluding hydrogens is 318 g/mol. The van der Waals surface area contributed by atoms with Gasteiger partial charge in [-0.25, -0.2) is 4.98 Å². The van der Waals surface area contributed by atoms with Crippen molar-refractivity contribution >= 4 is 11.9 Å². The summed E-state index contributed by atoms with van der Waals surface area (Å²) in [5, 5.41) is 9.67. The number of carboxylic acid groups (broad SMARTS) is 1. The van der Waals surface area contributed by atoms with Gasteiger partial charge in [0, 0.05) is 31.9 Å². The summed E-state index contributed by atoms with van der Waals surface area (Å²) in [5.41, 5.74) is 1.97. The molecule has 25 heavy (non-hydrogen) atoms. The van der Waals surface area contributed by atoms with Gasteiger partial charge in [-0.05, 0) is 25.3 Å². The van der Waals surface area contributed by atoms with E-state index in [2.05, 4.69) is 4.98 Å². The van der Waals surface area contributed by atoms with E-state index < -0.39 is 17.9 Å². The maximum absolute atomic E-state index is 12.5. The number of amides is 1. The highest BCUT2D eigenvalue weighted by Gasteiger charge is 2.40. The van der Waals surface area contributed by atoms with Gasteiger partial charge in [-0.2, -0.15) is 0 Å². The lowest BCUT2D eigenvalue weighted by atomic mass is 9.83. The van der Waals surface area contributed by atoms with Gasteiger partial charge in [0.15, 0.2) is 0 Å². The summed E-state index contributed by atoms with van der Waals surface area (Å²) in [6.45, 7) is 3.27. The number of imidazole rings is 1. The molecule has 0 bridgehead atoms. The minimum atomic E-state index is -0.835. The number of rotatable bonds is 6. The van der Waals surface area contributed by atoms with Crippen LogP contribution in [-0.2, 0) is 16.1 Å². The SMILES string of the molecule is Cc1cccc(C2C(C(=O)O)CCC(=O)N2CCCn2ccnc2)c1. The van der Waals surface area contributed by atoms with E-state index in [1.807, 2.05) is 42.0 Å². The summed E-state index contributed by atoms with van der Waals surface area (Å²) in [5.74, 6) is -1.36. The molecule has 1 aliphatic rings. The second-order valence-electron chi connectivity index (χ2n) is 6.58. The highest BCUT2D eigenvalue weighted by molar-refractivity contribution is 5.81. The molecule has 132 valence electrons. The van der Waals surface area contributed by atoms with Gasteiger partial charge in [0.25, 0.3) is 0 Å². The Kier molecular flexibility index (Phi) is 5.16. The number of carbonyl (C=O) groups excluding carboxylic acids is 1. The molecule has 1 saturated heterocycles. The van der Waals surface area contributed by atoms with Crippen molar-refractivity contribution in [2.45, 2.75) is 38.8 Å². The highest BCUT2D eigenvalue weighted by atomic mass is 16.4. The van der Waals surface area contributed by atoms with E-state index in [0.29, 0.717) is 19.4 Å². The van der Waals surface area contributed by atoms with Crippen LogP contribution < -0.4 is 0 Å². The molecule has 2 heterocycles. The number of aliphatic carboxylic acids is 1. The molecule has 2 unspecified atom stereocenters. The summed E-state index contributed by atoms with van der Waals surface area (Å²) in [6.07, 6.45) is 6.81. The van der Waals surface area contributed by atoms with Crippen molar-refractivity contribution < 1.29 is 14.7 Å². The van der Waals surface area contributed by atoms with E-state index in [4.69, 9.17) is 0 Å². The zero-order valence-corrected chi connectivity index (χ0v) is 14.3. The second kappa shape index (κ2) is 7.51. The van der Waals surface area contributed by atoms with Crippen LogP contribution in [0.3, 0.4) is 0 Å². The average molecular weight is 341 g/mol. The van der Waals surface area contributed by atoms with Gasteiger partial charge >= 0.3 is 5.97 Å². The minimum Gasteiger partial charge on any atom is -0.481 e. The standard InChI is InChI=1S/C19H23N3O3/c1-14-4-2-5-15(12-14)18-16(19(24)25)6-7-17(23)22(18)10-3-9-21-11-8-20-13-21/h2,4-5,8,11-13,16,18H,3,6-7,9-10H2,1H3,(H,24,25). The van der Waals surface area contributed by atoms with Crippen LogP contribution in [0.4, 0.5) is 0 Å². The zero-order chi connectivity index (χ0) is 17.8. The Morgan fingerprint density at radius 1 is 1.36 bits per heavy atom. The Balaban J connectivity index is 1.82. The fourth-order valence-electron chi connectivity index (χ4n) is 3.58. The molecule has 1 aromatic carbocycles. The normalized spacial score (nSPS) is 20.7. The summed E-state index contributed by atoms with van der Waals surface area (Å²) < 4.78 is 1.96. The Morgan fingerprint density at radius 2 is 2.20 bits per heavy atom. The van der Waals surface area contributed by atoms with Crippen LogP contribution in [0.2, 0.25) is 0 Å². The van der Waals surface area contributed by atoms with E-state index in [-0.39, 0.29) is 5.91 Å². The molecule has 1 N–H and O–H groups in total. The smallest absolute Gasteiger partial charge is 0.308 e. The quantitative estimate of drug-likeness (QED) is 0.876. The van der Waals surface area contributed by atoms with Crippen molar-refractivity contribution in [2.24, 2.45) is 5.92 Å². The number of aryl methyl sites for hydroxylation is 2. The minimum absolute atomic E-state index is 0.0367. The molecule has 3 rings (SSSR count). The highest BCUT2D eigenvalue weighted by Crippen LogP contribution is 2.37. The molecule has 2 aromatic rings. The van der Waals surface area contributed by atoms with Crippen molar-refractivity contribution in [1.82, 2.24) is 14.5 Å². The molecule has 0 saturated carbocycles. The lowest BCUT2D eigenvalue weighted by Gasteiger charge is -2.40. The van der Waals surface area contributed by atoms with Crippen LogP contribution in [-0.4, -0.2) is 38.0 Å². The van der Waals surface area contributed by atoms with E-state index >= 15 is 0 Å². The van der Waals surface area contributed by atoms with Gasteiger partial charge in [-0.1, -0.05) is 29.8 Å². The maximum Gasteiger partial charge on any atom is 0.308 e. The molecule has 1 amide bonds. The second-order valence-corrected chi connectivity index (χ2v) is 6.58. The Bertz CT molecular complexity index is 742. The topological polar surface area (TPSA) is 75.4 Å². The number of hydrogen-bond acceptors (Lipinski definition) is 3. The molecule has 6 nitrogen and oxygen atoms in total. The number of nitrogens with zero attached hydrogens (tertiary/aromatic N) is 3. The van der Waals surface area contributed by atoms with Gasteiger partial charge in [0.1, 0.15) is 0 Å². The van der Waals surface area contributed by atoms with Crippen molar-refractivity contribution in [3.63, 3.8) is 0 Å². The molecule has 0 radical (unpaired) electrons. The first kappa shape index (κ1) is 17.2. The van der Waals surface area contributed by atoms with Gasteiger partial charge in [0.2, 0.25) is 5.91 Å². The Labute approximate surface area is 147 Å². The summed E-state index contributed by atoms with van der Waals surface area (Å²) in [4.78, 5) is 30.1. The Morgan fingerprint density at radius 3 is 2.88 bits per heavy atom. The summed E-state index contributed by atoms with van der Waals surface area (Å²) >= 11 is 0. The molecule has 2 atom stereocenters. The number of carbonyl (C=O) groups is 2.